The number of hydrogen-bond donors (Lipinski definition) is 0. The zero-order chi connectivity index (χ0) is 11.4. The number of hydrogen-bond acceptors (Lipinski definition) is 4. The number of halogens is 2. The first-order valence-electron chi connectivity index (χ1n) is 4.46. The van der Waals surface area contributed by atoms with Crippen molar-refractivity contribution in [3.8, 4) is 0 Å². The minimum absolute atomic E-state index is 0.220. The molecule has 0 saturated heterocycles. The molecule has 0 aliphatic rings. The number of thioether (sulfide) groups is 1. The zero-order valence-electron chi connectivity index (χ0n) is 8.87. The summed E-state index contributed by atoms with van der Waals surface area (Å²) in [6.07, 6.45) is 3.59. The van der Waals surface area contributed by atoms with E-state index >= 15 is 0 Å². The maximum atomic E-state index is 6.00. The molecule has 0 aliphatic heterocycles. The lowest BCUT2D eigenvalue weighted by molar-refractivity contribution is 0.752. The van der Waals surface area contributed by atoms with Crippen LogP contribution in [0.15, 0.2) is 6.20 Å². The molecule has 0 bridgehead atoms. The molecule has 0 fully saturated rings. The Hall–Kier alpha value is -0.190. The third kappa shape index (κ3) is 3.40. The smallest absolute Gasteiger partial charge is 0.224 e. The summed E-state index contributed by atoms with van der Waals surface area (Å²) >= 11 is 13.5. The van der Waals surface area contributed by atoms with Gasteiger partial charge in [0.1, 0.15) is 5.02 Å². The summed E-state index contributed by atoms with van der Waals surface area (Å²) in [6.45, 7) is 2.11. The maximum absolute atomic E-state index is 6.00. The zero-order valence-corrected chi connectivity index (χ0v) is 11.2. The molecule has 1 unspecified atom stereocenters. The Morgan fingerprint density at radius 1 is 1.53 bits per heavy atom. The molecule has 6 heteroatoms. The highest BCUT2D eigenvalue weighted by Gasteiger charge is 2.14. The van der Waals surface area contributed by atoms with Gasteiger partial charge >= 0.3 is 0 Å². The van der Waals surface area contributed by atoms with Crippen molar-refractivity contribution in [3.05, 3.63) is 16.5 Å². The van der Waals surface area contributed by atoms with Gasteiger partial charge in [-0.15, -0.1) is 0 Å². The van der Waals surface area contributed by atoms with Crippen LogP contribution in [0.2, 0.25) is 10.3 Å². The van der Waals surface area contributed by atoms with Crippen LogP contribution in [0.4, 0.5) is 5.82 Å². The van der Waals surface area contributed by atoms with E-state index in [2.05, 4.69) is 23.1 Å². The van der Waals surface area contributed by atoms with Gasteiger partial charge in [-0.2, -0.15) is 16.7 Å². The summed E-state index contributed by atoms with van der Waals surface area (Å²) in [5, 5.41) is 0.743. The van der Waals surface area contributed by atoms with Crippen LogP contribution >= 0.6 is 35.0 Å². The average Bonchev–Trinajstić information content (AvgIpc) is 2.21. The van der Waals surface area contributed by atoms with Gasteiger partial charge in [0.05, 0.1) is 6.20 Å². The van der Waals surface area contributed by atoms with E-state index in [1.165, 1.54) is 6.20 Å². The monoisotopic (exact) mass is 265 g/mol. The molecule has 1 heterocycles. The van der Waals surface area contributed by atoms with Gasteiger partial charge in [0.2, 0.25) is 5.28 Å². The molecule has 0 aliphatic carbocycles. The number of rotatable bonds is 4. The fourth-order valence-corrected chi connectivity index (χ4v) is 2.21. The highest BCUT2D eigenvalue weighted by Crippen LogP contribution is 2.24. The average molecular weight is 266 g/mol. The van der Waals surface area contributed by atoms with E-state index in [0.29, 0.717) is 16.9 Å². The summed E-state index contributed by atoms with van der Waals surface area (Å²) in [5.41, 5.74) is 0. The second-order valence-corrected chi connectivity index (χ2v) is 4.88. The van der Waals surface area contributed by atoms with E-state index in [9.17, 15) is 0 Å². The second kappa shape index (κ2) is 5.77. The van der Waals surface area contributed by atoms with Gasteiger partial charge in [0.15, 0.2) is 5.82 Å². The molecule has 3 nitrogen and oxygen atoms in total. The maximum Gasteiger partial charge on any atom is 0.224 e. The Kier molecular flexibility index (Phi) is 4.96. The van der Waals surface area contributed by atoms with Crippen LogP contribution in [0, 0.1) is 0 Å². The van der Waals surface area contributed by atoms with Crippen LogP contribution < -0.4 is 4.90 Å². The van der Waals surface area contributed by atoms with Crippen molar-refractivity contribution >= 4 is 40.8 Å². The third-order valence-corrected chi connectivity index (χ3v) is 3.36. The van der Waals surface area contributed by atoms with Crippen molar-refractivity contribution in [2.24, 2.45) is 0 Å². The normalized spacial score (nSPS) is 12.6. The van der Waals surface area contributed by atoms with Crippen LogP contribution in [-0.2, 0) is 0 Å². The summed E-state index contributed by atoms with van der Waals surface area (Å²) < 4.78 is 0. The first-order chi connectivity index (χ1) is 7.06. The van der Waals surface area contributed by atoms with Gasteiger partial charge in [-0.05, 0) is 24.8 Å². The summed E-state index contributed by atoms with van der Waals surface area (Å²) in [7, 11) is 1.95. The van der Waals surface area contributed by atoms with Crippen LogP contribution in [0.1, 0.15) is 6.92 Å². The van der Waals surface area contributed by atoms with Crippen molar-refractivity contribution in [2.75, 3.05) is 24.0 Å². The van der Waals surface area contributed by atoms with Gasteiger partial charge in [-0.1, -0.05) is 11.6 Å². The molecule has 0 N–H and O–H groups in total. The lowest BCUT2D eigenvalue weighted by Gasteiger charge is -2.25. The van der Waals surface area contributed by atoms with Crippen molar-refractivity contribution in [3.63, 3.8) is 0 Å². The number of aromatic nitrogens is 2. The Balaban J connectivity index is 2.89. The lowest BCUT2D eigenvalue weighted by Crippen LogP contribution is -2.31. The Bertz CT molecular complexity index is 335. The van der Waals surface area contributed by atoms with E-state index in [-0.39, 0.29) is 5.28 Å². The van der Waals surface area contributed by atoms with Crippen molar-refractivity contribution in [1.82, 2.24) is 9.97 Å². The predicted molar refractivity (Wildman–Crippen MR) is 68.3 cm³/mol. The fourth-order valence-electron chi connectivity index (χ4n) is 1.15. The minimum Gasteiger partial charge on any atom is -0.355 e. The molecular formula is C9H13Cl2N3S. The highest BCUT2D eigenvalue weighted by atomic mass is 35.5. The predicted octanol–water partition coefficient (Wildman–Crippen LogP) is 2.97. The van der Waals surface area contributed by atoms with Crippen molar-refractivity contribution < 1.29 is 0 Å². The van der Waals surface area contributed by atoms with E-state index in [1.807, 2.05) is 11.9 Å². The van der Waals surface area contributed by atoms with Crippen LogP contribution in [0.25, 0.3) is 0 Å². The van der Waals surface area contributed by atoms with Crippen molar-refractivity contribution in [1.29, 1.82) is 0 Å². The molecule has 1 aromatic rings. The van der Waals surface area contributed by atoms with Gasteiger partial charge in [-0.3, -0.25) is 0 Å². The molecular weight excluding hydrogens is 253 g/mol. The molecule has 1 rings (SSSR count). The molecule has 0 saturated carbocycles. The summed E-state index contributed by atoms with van der Waals surface area (Å²) in [4.78, 5) is 9.94. The van der Waals surface area contributed by atoms with Gasteiger partial charge in [-0.25, -0.2) is 4.98 Å². The molecule has 0 aromatic carbocycles. The largest absolute Gasteiger partial charge is 0.355 e. The topological polar surface area (TPSA) is 29.0 Å². The summed E-state index contributed by atoms with van der Waals surface area (Å²) in [5.74, 6) is 1.69. The van der Waals surface area contributed by atoms with Crippen molar-refractivity contribution in [2.45, 2.75) is 13.0 Å². The van der Waals surface area contributed by atoms with Crippen LogP contribution in [-0.4, -0.2) is 35.1 Å². The van der Waals surface area contributed by atoms with E-state index in [1.54, 1.807) is 11.8 Å². The number of nitrogens with zero attached hydrogens (tertiary/aromatic N) is 3. The van der Waals surface area contributed by atoms with E-state index in [0.717, 1.165) is 5.75 Å². The van der Waals surface area contributed by atoms with E-state index in [4.69, 9.17) is 23.2 Å². The third-order valence-electron chi connectivity index (χ3n) is 2.10. The fraction of sp³-hybridized carbons (Fsp3) is 0.556. The first-order valence-corrected chi connectivity index (χ1v) is 6.61. The van der Waals surface area contributed by atoms with Crippen LogP contribution in [0.3, 0.4) is 0 Å². The molecule has 0 spiro atoms. The Morgan fingerprint density at radius 3 is 2.80 bits per heavy atom. The summed E-state index contributed by atoms with van der Waals surface area (Å²) in [6, 6.07) is 0.350. The molecule has 84 valence electrons. The first kappa shape index (κ1) is 12.9. The molecule has 1 aromatic heterocycles. The van der Waals surface area contributed by atoms with Gasteiger partial charge < -0.3 is 4.90 Å². The minimum atomic E-state index is 0.220. The SMILES string of the molecule is CSCC(C)N(C)c1nc(Cl)ncc1Cl. The Morgan fingerprint density at radius 2 is 2.20 bits per heavy atom. The number of anilines is 1. The van der Waals surface area contributed by atoms with Gasteiger partial charge in [0.25, 0.3) is 0 Å². The van der Waals surface area contributed by atoms with Crippen LogP contribution in [0.5, 0.6) is 0 Å². The standard InChI is InChI=1S/C9H13Cl2N3S/c1-6(5-15-3)14(2)8-7(10)4-12-9(11)13-8/h4,6H,5H2,1-3H3. The second-order valence-electron chi connectivity index (χ2n) is 3.23. The molecule has 15 heavy (non-hydrogen) atoms. The van der Waals surface area contributed by atoms with E-state index < -0.39 is 0 Å². The quantitative estimate of drug-likeness (QED) is 0.783. The molecule has 0 radical (unpaired) electrons. The Labute approximate surface area is 104 Å². The highest BCUT2D eigenvalue weighted by molar-refractivity contribution is 7.98. The molecule has 0 amide bonds. The van der Waals surface area contributed by atoms with Gasteiger partial charge in [0, 0.05) is 18.8 Å². The lowest BCUT2D eigenvalue weighted by atomic mass is 10.3. The molecule has 1 atom stereocenters.